The van der Waals surface area contributed by atoms with Gasteiger partial charge in [-0.1, -0.05) is 13.0 Å². The number of aromatic nitrogens is 1. The first-order chi connectivity index (χ1) is 11.0. The molecule has 0 aliphatic carbocycles. The van der Waals surface area contributed by atoms with Crippen LogP contribution >= 0.6 is 0 Å². The second-order valence-corrected chi connectivity index (χ2v) is 5.57. The second kappa shape index (κ2) is 7.71. The molecule has 7 nitrogen and oxygen atoms in total. The predicted molar refractivity (Wildman–Crippen MR) is 83.1 cm³/mol. The Bertz CT molecular complexity index is 595. The van der Waals surface area contributed by atoms with Crippen molar-refractivity contribution in [2.45, 2.75) is 26.2 Å². The molecule has 0 unspecified atom stereocenters. The lowest BCUT2D eigenvalue weighted by atomic mass is 9.95. The summed E-state index contributed by atoms with van der Waals surface area (Å²) in [5.74, 6) is -1.47. The lowest BCUT2D eigenvalue weighted by molar-refractivity contribution is -0.126. The summed E-state index contributed by atoms with van der Waals surface area (Å²) in [5, 5.41) is 11.8. The van der Waals surface area contributed by atoms with Gasteiger partial charge in [-0.3, -0.25) is 9.59 Å². The standard InChI is InChI=1S/C16H21N3O4/c1-2-8-17-14(20)11-6-9-19(10-7-11)15(21)12-4-3-5-13(18-12)16(22)23/h3-5,11H,2,6-10H2,1H3,(H,17,20)(H,22,23). The average molecular weight is 319 g/mol. The van der Waals surface area contributed by atoms with Gasteiger partial charge in [-0.05, 0) is 31.4 Å². The van der Waals surface area contributed by atoms with E-state index in [1.54, 1.807) is 4.90 Å². The minimum Gasteiger partial charge on any atom is -0.477 e. The first-order valence-corrected chi connectivity index (χ1v) is 7.80. The SMILES string of the molecule is CCCNC(=O)C1CCN(C(=O)c2cccc(C(=O)O)n2)CC1. The van der Waals surface area contributed by atoms with Crippen LogP contribution in [0, 0.1) is 5.92 Å². The molecule has 1 aliphatic heterocycles. The highest BCUT2D eigenvalue weighted by molar-refractivity contribution is 5.94. The second-order valence-electron chi connectivity index (χ2n) is 5.57. The minimum atomic E-state index is -1.16. The van der Waals surface area contributed by atoms with Crippen LogP contribution in [0.25, 0.3) is 0 Å². The van der Waals surface area contributed by atoms with Crippen LogP contribution in [0.1, 0.15) is 47.2 Å². The Hall–Kier alpha value is -2.44. The molecule has 1 aliphatic rings. The number of amides is 2. The number of pyridine rings is 1. The number of likely N-dealkylation sites (tertiary alicyclic amines) is 1. The Balaban J connectivity index is 1.94. The molecule has 0 radical (unpaired) electrons. The maximum atomic E-state index is 12.4. The van der Waals surface area contributed by atoms with Gasteiger partial charge in [-0.2, -0.15) is 0 Å². The van der Waals surface area contributed by atoms with Gasteiger partial charge in [0.25, 0.3) is 5.91 Å². The molecule has 1 fully saturated rings. The van der Waals surface area contributed by atoms with E-state index < -0.39 is 5.97 Å². The number of nitrogens with zero attached hydrogens (tertiary/aromatic N) is 2. The molecule has 2 rings (SSSR count). The molecule has 2 heterocycles. The number of nitrogens with one attached hydrogen (secondary N) is 1. The normalized spacial score (nSPS) is 15.3. The van der Waals surface area contributed by atoms with Crippen molar-refractivity contribution in [2.75, 3.05) is 19.6 Å². The molecule has 0 saturated carbocycles. The number of rotatable bonds is 5. The summed E-state index contributed by atoms with van der Waals surface area (Å²) in [6, 6.07) is 4.37. The fourth-order valence-corrected chi connectivity index (χ4v) is 2.57. The molecule has 1 aromatic rings. The fraction of sp³-hybridized carbons (Fsp3) is 0.500. The molecule has 2 N–H and O–H groups in total. The highest BCUT2D eigenvalue weighted by Gasteiger charge is 2.28. The topological polar surface area (TPSA) is 99.6 Å². The molecule has 1 saturated heterocycles. The quantitative estimate of drug-likeness (QED) is 0.848. The first-order valence-electron chi connectivity index (χ1n) is 7.80. The summed E-state index contributed by atoms with van der Waals surface area (Å²) in [4.78, 5) is 40.7. The molecule has 2 amide bonds. The van der Waals surface area contributed by atoms with Gasteiger partial charge in [0.2, 0.25) is 5.91 Å². The van der Waals surface area contributed by atoms with E-state index >= 15 is 0 Å². The lowest BCUT2D eigenvalue weighted by Gasteiger charge is -2.31. The van der Waals surface area contributed by atoms with Crippen molar-refractivity contribution in [1.82, 2.24) is 15.2 Å². The Labute approximate surface area is 134 Å². The van der Waals surface area contributed by atoms with Crippen molar-refractivity contribution < 1.29 is 19.5 Å². The number of carbonyl (C=O) groups is 3. The monoisotopic (exact) mass is 319 g/mol. The third-order valence-corrected chi connectivity index (χ3v) is 3.89. The van der Waals surface area contributed by atoms with Gasteiger partial charge in [-0.15, -0.1) is 0 Å². The largest absolute Gasteiger partial charge is 0.477 e. The van der Waals surface area contributed by atoms with Gasteiger partial charge in [-0.25, -0.2) is 9.78 Å². The van der Waals surface area contributed by atoms with Crippen molar-refractivity contribution in [1.29, 1.82) is 0 Å². The van der Waals surface area contributed by atoms with Gasteiger partial charge in [0.1, 0.15) is 11.4 Å². The van der Waals surface area contributed by atoms with Crippen molar-refractivity contribution in [3.8, 4) is 0 Å². The Morgan fingerprint density at radius 3 is 2.52 bits per heavy atom. The van der Waals surface area contributed by atoms with E-state index in [2.05, 4.69) is 10.3 Å². The minimum absolute atomic E-state index is 0.0462. The van der Waals surface area contributed by atoms with Crippen molar-refractivity contribution >= 4 is 17.8 Å². The van der Waals surface area contributed by atoms with Crippen LogP contribution in [0.3, 0.4) is 0 Å². The van der Waals surface area contributed by atoms with Gasteiger partial charge in [0.05, 0.1) is 0 Å². The van der Waals surface area contributed by atoms with E-state index in [1.807, 2.05) is 6.92 Å². The molecule has 124 valence electrons. The number of aromatic carboxylic acids is 1. The molecule has 0 spiro atoms. The van der Waals surface area contributed by atoms with Crippen LogP contribution in [-0.4, -0.2) is 52.4 Å². The molecular weight excluding hydrogens is 298 g/mol. The zero-order chi connectivity index (χ0) is 16.8. The number of hydrogen-bond donors (Lipinski definition) is 2. The third kappa shape index (κ3) is 4.28. The number of carboxylic acid groups (broad SMARTS) is 1. The molecule has 7 heteroatoms. The van der Waals surface area contributed by atoms with Crippen LogP contribution in [0.5, 0.6) is 0 Å². The highest BCUT2D eigenvalue weighted by Crippen LogP contribution is 2.19. The van der Waals surface area contributed by atoms with Crippen LogP contribution < -0.4 is 5.32 Å². The zero-order valence-electron chi connectivity index (χ0n) is 13.1. The highest BCUT2D eigenvalue weighted by atomic mass is 16.4. The zero-order valence-corrected chi connectivity index (χ0v) is 13.1. The van der Waals surface area contributed by atoms with Crippen LogP contribution in [0.2, 0.25) is 0 Å². The van der Waals surface area contributed by atoms with E-state index in [1.165, 1.54) is 18.2 Å². The van der Waals surface area contributed by atoms with Crippen LogP contribution in [-0.2, 0) is 4.79 Å². The van der Waals surface area contributed by atoms with Crippen molar-refractivity contribution in [3.63, 3.8) is 0 Å². The Kier molecular flexibility index (Phi) is 5.67. The average Bonchev–Trinajstić information content (AvgIpc) is 2.59. The maximum absolute atomic E-state index is 12.4. The molecule has 23 heavy (non-hydrogen) atoms. The Morgan fingerprint density at radius 1 is 1.26 bits per heavy atom. The molecule has 0 atom stereocenters. The van der Waals surface area contributed by atoms with Gasteiger partial charge in [0, 0.05) is 25.6 Å². The number of piperidine rings is 1. The van der Waals surface area contributed by atoms with E-state index in [4.69, 9.17) is 5.11 Å². The summed E-state index contributed by atoms with van der Waals surface area (Å²) in [7, 11) is 0. The fourth-order valence-electron chi connectivity index (χ4n) is 2.57. The number of carboxylic acids is 1. The molecule has 0 aromatic carbocycles. The third-order valence-electron chi connectivity index (χ3n) is 3.89. The van der Waals surface area contributed by atoms with E-state index in [-0.39, 0.29) is 29.1 Å². The number of carbonyl (C=O) groups excluding carboxylic acids is 2. The summed E-state index contributed by atoms with van der Waals surface area (Å²) >= 11 is 0. The van der Waals surface area contributed by atoms with E-state index in [9.17, 15) is 14.4 Å². The van der Waals surface area contributed by atoms with Gasteiger partial charge in [0.15, 0.2) is 0 Å². The van der Waals surface area contributed by atoms with Gasteiger partial charge < -0.3 is 15.3 Å². The Morgan fingerprint density at radius 2 is 1.91 bits per heavy atom. The molecule has 1 aromatic heterocycles. The van der Waals surface area contributed by atoms with Gasteiger partial charge >= 0.3 is 5.97 Å². The lowest BCUT2D eigenvalue weighted by Crippen LogP contribution is -2.43. The molecule has 0 bridgehead atoms. The molecular formula is C16H21N3O4. The number of hydrogen-bond acceptors (Lipinski definition) is 4. The van der Waals surface area contributed by atoms with Crippen molar-refractivity contribution in [2.24, 2.45) is 5.92 Å². The summed E-state index contributed by atoms with van der Waals surface area (Å²) in [5.41, 5.74) is -0.0246. The smallest absolute Gasteiger partial charge is 0.354 e. The van der Waals surface area contributed by atoms with E-state index in [0.29, 0.717) is 32.5 Å². The summed E-state index contributed by atoms with van der Waals surface area (Å²) in [6.07, 6.45) is 2.12. The first kappa shape index (κ1) is 16.9. The summed E-state index contributed by atoms with van der Waals surface area (Å²) in [6.45, 7) is 3.62. The van der Waals surface area contributed by atoms with E-state index in [0.717, 1.165) is 6.42 Å². The maximum Gasteiger partial charge on any atom is 0.354 e. The van der Waals surface area contributed by atoms with Crippen molar-refractivity contribution in [3.05, 3.63) is 29.6 Å². The van der Waals surface area contributed by atoms with Crippen LogP contribution in [0.15, 0.2) is 18.2 Å². The van der Waals surface area contributed by atoms with Crippen LogP contribution in [0.4, 0.5) is 0 Å². The summed E-state index contributed by atoms with van der Waals surface area (Å²) < 4.78 is 0. The predicted octanol–water partition coefficient (Wildman–Crippen LogP) is 1.16.